The van der Waals surface area contributed by atoms with Crippen molar-refractivity contribution in [2.24, 2.45) is 0 Å². The summed E-state index contributed by atoms with van der Waals surface area (Å²) in [4.78, 5) is 9.34. The molecule has 150 valence electrons. The molecule has 0 radical (unpaired) electrons. The van der Waals surface area contributed by atoms with Crippen molar-refractivity contribution in [3.63, 3.8) is 0 Å². The Hall–Kier alpha value is -3.24. The van der Waals surface area contributed by atoms with Gasteiger partial charge in [-0.2, -0.15) is 10.1 Å². The Morgan fingerprint density at radius 2 is 2.03 bits per heavy atom. The largest absolute Gasteiger partial charge is 0.394 e. The molecule has 4 aromatic rings. The Bertz CT molecular complexity index is 1150. The summed E-state index contributed by atoms with van der Waals surface area (Å²) in [7, 11) is 1.85. The van der Waals surface area contributed by atoms with Gasteiger partial charge in [0.05, 0.1) is 31.2 Å². The molecule has 4 aromatic heterocycles. The smallest absolute Gasteiger partial charge is 0.243 e. The molecule has 0 aliphatic heterocycles. The van der Waals surface area contributed by atoms with Gasteiger partial charge in [-0.3, -0.25) is 0 Å². The number of anilines is 2. The zero-order valence-corrected chi connectivity index (χ0v) is 16.0. The maximum absolute atomic E-state index is 8.84. The van der Waals surface area contributed by atoms with Crippen LogP contribution in [0.4, 0.5) is 11.8 Å². The Morgan fingerprint density at radius 1 is 1.17 bits per heavy atom. The number of ether oxygens (including phenoxy) is 1. The summed E-state index contributed by atoms with van der Waals surface area (Å²) in [5, 5.41) is 24.2. The van der Waals surface area contributed by atoms with Gasteiger partial charge in [-0.1, -0.05) is 0 Å². The van der Waals surface area contributed by atoms with Crippen LogP contribution in [0.15, 0.2) is 36.8 Å². The van der Waals surface area contributed by atoms with Gasteiger partial charge in [0.25, 0.3) is 0 Å². The molecule has 3 N–H and O–H groups in total. The SMILES string of the molecule is CNc1nc(NC2CC(OCCO)C2)nn2ccc(-c3ccn4nccc4n3)c12. The predicted octanol–water partition coefficient (Wildman–Crippen LogP) is 1.43. The first-order valence-corrected chi connectivity index (χ1v) is 9.62. The fourth-order valence-corrected chi connectivity index (χ4v) is 3.65. The molecule has 4 heterocycles. The molecule has 0 unspecified atom stereocenters. The van der Waals surface area contributed by atoms with Gasteiger partial charge < -0.3 is 20.5 Å². The third-order valence-corrected chi connectivity index (χ3v) is 5.15. The van der Waals surface area contributed by atoms with Crippen LogP contribution in [0.3, 0.4) is 0 Å². The summed E-state index contributed by atoms with van der Waals surface area (Å²) in [6, 6.07) is 6.06. The van der Waals surface area contributed by atoms with E-state index in [2.05, 4.69) is 30.8 Å². The molecule has 0 spiro atoms. The number of nitrogens with one attached hydrogen (secondary N) is 2. The highest BCUT2D eigenvalue weighted by Gasteiger charge is 2.30. The number of hydrogen-bond donors (Lipinski definition) is 3. The number of nitrogens with zero attached hydrogens (tertiary/aromatic N) is 6. The number of fused-ring (bicyclic) bond motifs is 2. The van der Waals surface area contributed by atoms with Gasteiger partial charge in [0, 0.05) is 37.1 Å². The lowest BCUT2D eigenvalue weighted by molar-refractivity contribution is -0.0196. The van der Waals surface area contributed by atoms with Crippen molar-refractivity contribution in [3.05, 3.63) is 36.8 Å². The van der Waals surface area contributed by atoms with Crippen molar-refractivity contribution in [3.8, 4) is 11.3 Å². The summed E-state index contributed by atoms with van der Waals surface area (Å²) in [6.07, 6.45) is 7.47. The summed E-state index contributed by atoms with van der Waals surface area (Å²) in [6.45, 7) is 0.438. The van der Waals surface area contributed by atoms with Crippen molar-refractivity contribution in [1.29, 1.82) is 0 Å². The van der Waals surface area contributed by atoms with Crippen LogP contribution >= 0.6 is 0 Å². The molecular weight excluding hydrogens is 372 g/mol. The molecular formula is C19H22N8O2. The lowest BCUT2D eigenvalue weighted by Crippen LogP contribution is -2.41. The van der Waals surface area contributed by atoms with Crippen molar-refractivity contribution < 1.29 is 9.84 Å². The Labute approximate surface area is 166 Å². The van der Waals surface area contributed by atoms with Crippen LogP contribution in [-0.4, -0.2) is 66.7 Å². The number of aliphatic hydroxyl groups is 1. The molecule has 1 saturated carbocycles. The number of aromatic nitrogens is 6. The first-order chi connectivity index (χ1) is 14.2. The molecule has 0 amide bonds. The number of aliphatic hydroxyl groups excluding tert-OH is 1. The second-order valence-electron chi connectivity index (χ2n) is 7.03. The second kappa shape index (κ2) is 7.30. The van der Waals surface area contributed by atoms with Crippen LogP contribution in [0.1, 0.15) is 12.8 Å². The highest BCUT2D eigenvalue weighted by atomic mass is 16.5. The van der Waals surface area contributed by atoms with E-state index in [4.69, 9.17) is 9.84 Å². The molecule has 10 heteroatoms. The molecule has 0 atom stereocenters. The van der Waals surface area contributed by atoms with Gasteiger partial charge >= 0.3 is 0 Å². The Morgan fingerprint density at radius 3 is 2.86 bits per heavy atom. The fourth-order valence-electron chi connectivity index (χ4n) is 3.65. The minimum absolute atomic E-state index is 0.0543. The summed E-state index contributed by atoms with van der Waals surface area (Å²) >= 11 is 0. The summed E-state index contributed by atoms with van der Waals surface area (Å²) in [5.74, 6) is 1.29. The minimum Gasteiger partial charge on any atom is -0.394 e. The molecule has 0 saturated heterocycles. The molecule has 10 nitrogen and oxygen atoms in total. The second-order valence-corrected chi connectivity index (χ2v) is 7.03. The molecule has 1 aliphatic rings. The molecule has 29 heavy (non-hydrogen) atoms. The van der Waals surface area contributed by atoms with Crippen LogP contribution in [0, 0.1) is 0 Å². The summed E-state index contributed by atoms with van der Waals surface area (Å²) in [5.41, 5.74) is 3.44. The minimum atomic E-state index is 0.0543. The lowest BCUT2D eigenvalue weighted by Gasteiger charge is -2.35. The standard InChI is InChI=1S/C19H22N8O2/c1-20-18-17-14(15-4-7-26-16(23-15)2-5-21-26)3-6-27(17)25-19(24-18)22-12-10-13(11-12)29-9-8-28/h2-7,12-13,28H,8-11H2,1H3,(H2,20,22,24,25). The zero-order chi connectivity index (χ0) is 19.8. The van der Waals surface area contributed by atoms with Crippen molar-refractivity contribution in [2.75, 3.05) is 30.9 Å². The molecule has 1 fully saturated rings. The van der Waals surface area contributed by atoms with Crippen molar-refractivity contribution in [2.45, 2.75) is 25.0 Å². The van der Waals surface area contributed by atoms with E-state index in [-0.39, 0.29) is 18.8 Å². The van der Waals surface area contributed by atoms with Crippen LogP contribution in [0.25, 0.3) is 22.4 Å². The van der Waals surface area contributed by atoms with Gasteiger partial charge in [0.1, 0.15) is 5.52 Å². The average Bonchev–Trinajstić information content (AvgIpc) is 3.35. The third-order valence-electron chi connectivity index (χ3n) is 5.15. The number of rotatable bonds is 7. The topological polar surface area (TPSA) is 114 Å². The van der Waals surface area contributed by atoms with E-state index in [0.717, 1.165) is 41.1 Å². The first kappa shape index (κ1) is 17.8. The Kier molecular flexibility index (Phi) is 4.49. The van der Waals surface area contributed by atoms with Crippen LogP contribution in [0.5, 0.6) is 0 Å². The van der Waals surface area contributed by atoms with E-state index in [9.17, 15) is 0 Å². The molecule has 0 bridgehead atoms. The van der Waals surface area contributed by atoms with Gasteiger partial charge in [-0.15, -0.1) is 5.10 Å². The monoisotopic (exact) mass is 394 g/mol. The lowest BCUT2D eigenvalue weighted by atomic mass is 9.89. The molecule has 0 aromatic carbocycles. The third kappa shape index (κ3) is 3.26. The van der Waals surface area contributed by atoms with E-state index in [1.165, 1.54) is 0 Å². The maximum Gasteiger partial charge on any atom is 0.243 e. The van der Waals surface area contributed by atoms with E-state index in [0.29, 0.717) is 12.6 Å². The van der Waals surface area contributed by atoms with Gasteiger partial charge in [-0.25, -0.2) is 14.0 Å². The molecule has 5 rings (SSSR count). The first-order valence-electron chi connectivity index (χ1n) is 9.62. The predicted molar refractivity (Wildman–Crippen MR) is 108 cm³/mol. The van der Waals surface area contributed by atoms with E-state index in [1.807, 2.05) is 42.2 Å². The highest BCUT2D eigenvalue weighted by Crippen LogP contribution is 2.30. The van der Waals surface area contributed by atoms with Crippen molar-refractivity contribution in [1.82, 2.24) is 29.2 Å². The van der Waals surface area contributed by atoms with Crippen LogP contribution < -0.4 is 10.6 Å². The fraction of sp³-hybridized carbons (Fsp3) is 0.368. The summed E-state index contributed by atoms with van der Waals surface area (Å²) < 4.78 is 9.07. The average molecular weight is 394 g/mol. The molecule has 1 aliphatic carbocycles. The van der Waals surface area contributed by atoms with E-state index in [1.54, 1.807) is 10.7 Å². The van der Waals surface area contributed by atoms with Gasteiger partial charge in [0.2, 0.25) is 5.95 Å². The van der Waals surface area contributed by atoms with Gasteiger partial charge in [0.15, 0.2) is 11.5 Å². The zero-order valence-electron chi connectivity index (χ0n) is 16.0. The van der Waals surface area contributed by atoms with E-state index < -0.39 is 0 Å². The van der Waals surface area contributed by atoms with Crippen molar-refractivity contribution >= 4 is 22.9 Å². The van der Waals surface area contributed by atoms with Crippen LogP contribution in [0.2, 0.25) is 0 Å². The Balaban J connectivity index is 1.42. The van der Waals surface area contributed by atoms with E-state index >= 15 is 0 Å². The van der Waals surface area contributed by atoms with Gasteiger partial charge in [-0.05, 0) is 25.0 Å². The number of hydrogen-bond acceptors (Lipinski definition) is 8. The van der Waals surface area contributed by atoms with Crippen LogP contribution in [-0.2, 0) is 4.74 Å². The maximum atomic E-state index is 8.84. The normalized spacial score (nSPS) is 18.8. The quantitative estimate of drug-likeness (QED) is 0.431. The highest BCUT2D eigenvalue weighted by molar-refractivity contribution is 5.87.